The standard InChI is InChI=1S/C14H22ClNS/c1-14(2,3)11-6-4-10(5-7-11)13-16-12(8-15)9-17-13/h9-11H,4-8H2,1-3H3. The minimum absolute atomic E-state index is 0.467. The average molecular weight is 272 g/mol. The zero-order chi connectivity index (χ0) is 12.5. The lowest BCUT2D eigenvalue weighted by atomic mass is 9.70. The van der Waals surface area contributed by atoms with Crippen LogP contribution in [0.2, 0.25) is 0 Å². The van der Waals surface area contributed by atoms with Gasteiger partial charge in [0, 0.05) is 11.3 Å². The van der Waals surface area contributed by atoms with Crippen LogP contribution in [0.4, 0.5) is 0 Å². The number of nitrogens with zero attached hydrogens (tertiary/aromatic N) is 1. The van der Waals surface area contributed by atoms with Crippen molar-refractivity contribution in [2.75, 3.05) is 0 Å². The predicted octanol–water partition coefficient (Wildman–Crippen LogP) is 5.20. The number of aromatic nitrogens is 1. The zero-order valence-electron chi connectivity index (χ0n) is 11.0. The van der Waals surface area contributed by atoms with Crippen LogP contribution in [0.3, 0.4) is 0 Å². The first-order chi connectivity index (χ1) is 8.00. The molecule has 0 bridgehead atoms. The minimum Gasteiger partial charge on any atom is -0.245 e. The van der Waals surface area contributed by atoms with Crippen molar-refractivity contribution in [2.45, 2.75) is 58.3 Å². The summed E-state index contributed by atoms with van der Waals surface area (Å²) in [6, 6.07) is 0. The Bertz CT molecular complexity index is 359. The summed E-state index contributed by atoms with van der Waals surface area (Å²) in [6.07, 6.45) is 5.31. The molecule has 3 heteroatoms. The second kappa shape index (κ2) is 5.27. The van der Waals surface area contributed by atoms with Gasteiger partial charge in [-0.15, -0.1) is 22.9 Å². The first-order valence-corrected chi connectivity index (χ1v) is 7.92. The van der Waals surface area contributed by atoms with Crippen LogP contribution in [0.1, 0.15) is 63.1 Å². The maximum atomic E-state index is 5.81. The Morgan fingerprint density at radius 2 is 1.94 bits per heavy atom. The van der Waals surface area contributed by atoms with E-state index in [1.807, 2.05) is 0 Å². The number of halogens is 1. The van der Waals surface area contributed by atoms with Crippen LogP contribution in [-0.4, -0.2) is 4.98 Å². The molecule has 0 saturated heterocycles. The Morgan fingerprint density at radius 1 is 1.29 bits per heavy atom. The van der Waals surface area contributed by atoms with Gasteiger partial charge in [0.1, 0.15) is 0 Å². The van der Waals surface area contributed by atoms with Gasteiger partial charge in [-0.2, -0.15) is 0 Å². The Kier molecular flexibility index (Phi) is 4.14. The quantitative estimate of drug-likeness (QED) is 0.674. The fourth-order valence-corrected chi connectivity index (χ4v) is 4.00. The summed E-state index contributed by atoms with van der Waals surface area (Å²) in [5, 5.41) is 3.42. The summed E-state index contributed by atoms with van der Waals surface area (Å²) in [6.45, 7) is 7.10. The molecule has 1 fully saturated rings. The van der Waals surface area contributed by atoms with Crippen molar-refractivity contribution in [2.24, 2.45) is 11.3 Å². The molecule has 1 aliphatic rings. The molecule has 17 heavy (non-hydrogen) atoms. The van der Waals surface area contributed by atoms with Gasteiger partial charge in [0.15, 0.2) is 0 Å². The lowest BCUT2D eigenvalue weighted by Gasteiger charge is -2.36. The van der Waals surface area contributed by atoms with Crippen molar-refractivity contribution in [1.29, 1.82) is 0 Å². The van der Waals surface area contributed by atoms with Gasteiger partial charge in [0.2, 0.25) is 0 Å². The molecule has 1 saturated carbocycles. The molecule has 1 aliphatic carbocycles. The lowest BCUT2D eigenvalue weighted by Crippen LogP contribution is -2.25. The third-order valence-corrected chi connectivity index (χ3v) is 5.34. The summed E-state index contributed by atoms with van der Waals surface area (Å²) >= 11 is 7.60. The molecule has 1 aromatic rings. The molecule has 0 aliphatic heterocycles. The second-order valence-electron chi connectivity index (χ2n) is 6.23. The van der Waals surface area contributed by atoms with Gasteiger partial charge in [0.25, 0.3) is 0 Å². The number of alkyl halides is 1. The SMILES string of the molecule is CC(C)(C)C1CCC(c2nc(CCl)cs2)CC1. The number of rotatable bonds is 2. The van der Waals surface area contributed by atoms with Gasteiger partial charge in [-0.1, -0.05) is 20.8 Å². The fraction of sp³-hybridized carbons (Fsp3) is 0.786. The molecule has 96 valence electrons. The van der Waals surface area contributed by atoms with Crippen molar-refractivity contribution < 1.29 is 0 Å². The van der Waals surface area contributed by atoms with Crippen molar-refractivity contribution in [3.8, 4) is 0 Å². The molecular weight excluding hydrogens is 250 g/mol. The first-order valence-electron chi connectivity index (χ1n) is 6.51. The zero-order valence-corrected chi connectivity index (χ0v) is 12.6. The number of hydrogen-bond donors (Lipinski definition) is 0. The molecule has 0 N–H and O–H groups in total. The minimum atomic E-state index is 0.467. The monoisotopic (exact) mass is 271 g/mol. The number of thiazole rings is 1. The van der Waals surface area contributed by atoms with Crippen molar-refractivity contribution >= 4 is 22.9 Å². The highest BCUT2D eigenvalue weighted by Gasteiger charge is 2.31. The maximum Gasteiger partial charge on any atom is 0.0959 e. The van der Waals surface area contributed by atoms with Gasteiger partial charge in [0.05, 0.1) is 16.6 Å². The fourth-order valence-electron chi connectivity index (χ4n) is 2.78. The van der Waals surface area contributed by atoms with E-state index >= 15 is 0 Å². The Morgan fingerprint density at radius 3 is 2.41 bits per heavy atom. The smallest absolute Gasteiger partial charge is 0.0959 e. The van der Waals surface area contributed by atoms with Crippen LogP contribution >= 0.6 is 22.9 Å². The van der Waals surface area contributed by atoms with E-state index in [9.17, 15) is 0 Å². The molecule has 1 aromatic heterocycles. The normalized spacial score (nSPS) is 26.1. The highest BCUT2D eigenvalue weighted by Crippen LogP contribution is 2.43. The van der Waals surface area contributed by atoms with E-state index in [1.165, 1.54) is 30.7 Å². The molecule has 0 spiro atoms. The van der Waals surface area contributed by atoms with Crippen LogP contribution in [0.25, 0.3) is 0 Å². The molecule has 0 radical (unpaired) electrons. The van der Waals surface area contributed by atoms with E-state index in [0.29, 0.717) is 17.2 Å². The molecule has 2 rings (SSSR count). The van der Waals surface area contributed by atoms with Crippen molar-refractivity contribution in [3.63, 3.8) is 0 Å². The van der Waals surface area contributed by atoms with E-state index < -0.39 is 0 Å². The van der Waals surface area contributed by atoms with E-state index in [1.54, 1.807) is 11.3 Å². The van der Waals surface area contributed by atoms with Gasteiger partial charge >= 0.3 is 0 Å². The molecular formula is C14H22ClNS. The molecule has 0 aromatic carbocycles. The summed E-state index contributed by atoms with van der Waals surface area (Å²) in [4.78, 5) is 4.63. The highest BCUT2D eigenvalue weighted by atomic mass is 35.5. The average Bonchev–Trinajstić information content (AvgIpc) is 2.76. The van der Waals surface area contributed by atoms with Gasteiger partial charge < -0.3 is 0 Å². The summed E-state index contributed by atoms with van der Waals surface area (Å²) in [7, 11) is 0. The highest BCUT2D eigenvalue weighted by molar-refractivity contribution is 7.09. The predicted molar refractivity (Wildman–Crippen MR) is 75.8 cm³/mol. The Balaban J connectivity index is 1.95. The van der Waals surface area contributed by atoms with Gasteiger partial charge in [-0.25, -0.2) is 4.98 Å². The van der Waals surface area contributed by atoms with E-state index in [2.05, 4.69) is 31.1 Å². The topological polar surface area (TPSA) is 12.9 Å². The van der Waals surface area contributed by atoms with Crippen LogP contribution in [0, 0.1) is 11.3 Å². The largest absolute Gasteiger partial charge is 0.245 e. The third-order valence-electron chi connectivity index (χ3n) is 4.01. The van der Waals surface area contributed by atoms with Gasteiger partial charge in [-0.3, -0.25) is 0 Å². The van der Waals surface area contributed by atoms with Crippen molar-refractivity contribution in [1.82, 2.24) is 4.98 Å². The second-order valence-corrected chi connectivity index (χ2v) is 7.38. The van der Waals surface area contributed by atoms with Gasteiger partial charge in [-0.05, 0) is 37.0 Å². The Labute approximate surface area is 114 Å². The van der Waals surface area contributed by atoms with Crippen molar-refractivity contribution in [3.05, 3.63) is 16.1 Å². The summed E-state index contributed by atoms with van der Waals surface area (Å²) in [5.41, 5.74) is 1.51. The van der Waals surface area contributed by atoms with Crippen LogP contribution in [0.15, 0.2) is 5.38 Å². The van der Waals surface area contributed by atoms with Crippen LogP contribution in [0.5, 0.6) is 0 Å². The molecule has 0 atom stereocenters. The van der Waals surface area contributed by atoms with E-state index in [-0.39, 0.29) is 0 Å². The molecule has 1 heterocycles. The Hall–Kier alpha value is -0.0800. The first kappa shape index (κ1) is 13.4. The number of hydrogen-bond acceptors (Lipinski definition) is 2. The van der Waals surface area contributed by atoms with Crippen LogP contribution < -0.4 is 0 Å². The summed E-state index contributed by atoms with van der Waals surface area (Å²) < 4.78 is 0. The lowest BCUT2D eigenvalue weighted by molar-refractivity contribution is 0.169. The molecule has 1 nitrogen and oxygen atoms in total. The van der Waals surface area contributed by atoms with E-state index in [0.717, 1.165) is 11.6 Å². The molecule has 0 unspecified atom stereocenters. The van der Waals surface area contributed by atoms with Crippen LogP contribution in [-0.2, 0) is 5.88 Å². The maximum absolute atomic E-state index is 5.81. The molecule has 0 amide bonds. The third kappa shape index (κ3) is 3.23. The summed E-state index contributed by atoms with van der Waals surface area (Å²) in [5.74, 6) is 2.12. The van der Waals surface area contributed by atoms with E-state index in [4.69, 9.17) is 11.6 Å².